The number of amides is 4. The Labute approximate surface area is 332 Å². The van der Waals surface area contributed by atoms with Crippen molar-refractivity contribution in [1.29, 1.82) is 0 Å². The second-order valence-electron chi connectivity index (χ2n) is 14.2. The van der Waals surface area contributed by atoms with Gasteiger partial charge in [-0.2, -0.15) is 0 Å². The molecule has 1 heterocycles. The Balaban J connectivity index is 1.71. The molecule has 4 atom stereocenters. The fourth-order valence-electron chi connectivity index (χ4n) is 6.84. The summed E-state index contributed by atoms with van der Waals surface area (Å²) in [5, 5.41) is 23.1. The first-order valence-electron chi connectivity index (χ1n) is 19.1. The van der Waals surface area contributed by atoms with Crippen LogP contribution in [0.5, 0.6) is 5.75 Å². The molecule has 0 aromatic heterocycles. The van der Waals surface area contributed by atoms with E-state index in [0.717, 1.165) is 22.8 Å². The number of nitrogens with two attached hydrogens (primary N) is 4. The Morgan fingerprint density at radius 3 is 2.11 bits per heavy atom. The molecule has 306 valence electrons. The van der Waals surface area contributed by atoms with E-state index in [9.17, 15) is 29.1 Å². The van der Waals surface area contributed by atoms with E-state index < -0.39 is 54.0 Å². The fourth-order valence-corrected chi connectivity index (χ4v) is 6.84. The highest BCUT2D eigenvalue weighted by atomic mass is 16.3. The first kappa shape index (κ1) is 43.5. The minimum atomic E-state index is -1.80. The number of hydrogen-bond donors (Lipinski definition) is 9. The molecular weight excluding hydrogens is 731 g/mol. The van der Waals surface area contributed by atoms with Gasteiger partial charge in [-0.1, -0.05) is 67.4 Å². The van der Waals surface area contributed by atoms with E-state index in [2.05, 4.69) is 31.3 Å². The topological polar surface area (TPSA) is 286 Å². The largest absolute Gasteiger partial charge is 0.508 e. The van der Waals surface area contributed by atoms with Crippen LogP contribution >= 0.6 is 0 Å². The number of nitrogens with zero attached hydrogens (tertiary/aromatic N) is 3. The van der Waals surface area contributed by atoms with Crippen molar-refractivity contribution in [3.05, 3.63) is 77.9 Å². The van der Waals surface area contributed by atoms with Crippen molar-refractivity contribution < 1.29 is 29.1 Å². The summed E-state index contributed by atoms with van der Waals surface area (Å²) in [6, 6.07) is 16.2. The van der Waals surface area contributed by atoms with Crippen molar-refractivity contribution in [2.75, 3.05) is 26.2 Å². The molecule has 17 nitrogen and oxygen atoms in total. The van der Waals surface area contributed by atoms with E-state index in [4.69, 9.17) is 22.9 Å². The summed E-state index contributed by atoms with van der Waals surface area (Å²) in [5.41, 5.74) is 21.5. The van der Waals surface area contributed by atoms with Crippen LogP contribution in [0, 0.1) is 0 Å². The smallest absolute Gasteiger partial charge is 0.243 e. The Kier molecular flexibility index (Phi) is 16.2. The lowest BCUT2D eigenvalue weighted by Gasteiger charge is -2.44. The van der Waals surface area contributed by atoms with Gasteiger partial charge in [0.25, 0.3) is 0 Å². The van der Waals surface area contributed by atoms with Gasteiger partial charge in [0.2, 0.25) is 23.6 Å². The maximum absolute atomic E-state index is 14.3. The third kappa shape index (κ3) is 13.2. The summed E-state index contributed by atoms with van der Waals surface area (Å²) >= 11 is 0. The molecule has 13 N–H and O–H groups in total. The molecule has 0 radical (unpaired) electrons. The number of nitrogens with one attached hydrogen (secondary N) is 4. The quantitative estimate of drug-likeness (QED) is 0.0404. The molecule has 4 rings (SSSR count). The molecule has 57 heavy (non-hydrogen) atoms. The molecule has 1 aliphatic rings. The lowest BCUT2D eigenvalue weighted by molar-refractivity contribution is -0.142. The maximum Gasteiger partial charge on any atom is 0.243 e. The molecular formula is C40H55N11O6. The number of unbranched alkanes of at least 4 members (excludes halogenated alkanes) is 3. The number of aldehydes is 1. The predicted octanol–water partition coefficient (Wildman–Crippen LogP) is 0.0193. The van der Waals surface area contributed by atoms with Crippen LogP contribution in [0.4, 0.5) is 0 Å². The molecule has 3 aromatic rings. The number of benzene rings is 3. The van der Waals surface area contributed by atoms with Crippen molar-refractivity contribution in [3.63, 3.8) is 0 Å². The predicted molar refractivity (Wildman–Crippen MR) is 218 cm³/mol. The Morgan fingerprint density at radius 2 is 1.42 bits per heavy atom. The van der Waals surface area contributed by atoms with E-state index in [1.165, 1.54) is 12.1 Å². The third-order valence-electron chi connectivity index (χ3n) is 9.81. The summed E-state index contributed by atoms with van der Waals surface area (Å²) in [5.74, 6) is -2.68. The van der Waals surface area contributed by atoms with Gasteiger partial charge in [0.15, 0.2) is 23.9 Å². The average molecular weight is 786 g/mol. The minimum absolute atomic E-state index is 0.00118. The van der Waals surface area contributed by atoms with Gasteiger partial charge in [-0.3, -0.25) is 38.9 Å². The average Bonchev–Trinajstić information content (AvgIpc) is 3.18. The van der Waals surface area contributed by atoms with E-state index in [1.807, 2.05) is 42.5 Å². The lowest BCUT2D eigenvalue weighted by atomic mass is 9.95. The molecule has 0 bridgehead atoms. The van der Waals surface area contributed by atoms with Crippen LogP contribution in [0.1, 0.15) is 56.6 Å². The highest BCUT2D eigenvalue weighted by Crippen LogP contribution is 2.24. The van der Waals surface area contributed by atoms with Gasteiger partial charge in [0.1, 0.15) is 17.8 Å². The molecule has 0 aliphatic carbocycles. The summed E-state index contributed by atoms with van der Waals surface area (Å²) in [4.78, 5) is 79.0. The first-order valence-corrected chi connectivity index (χ1v) is 19.1. The molecule has 1 fully saturated rings. The standard InChI is InChI=1S/C40H55N11O6/c1-26-35(55)48-32(11-8-19-46-39(43)44)37(57)49-33(22-28-12-15-29-9-4-5-10-30(29)21-28)36(56)47-24-34(54)50-40(25-52,23-27-13-16-31(53)17-14-27)51(26)20-7-3-2-6-18-45-38(41)42/h4-5,9-10,12-17,21,25-26,32-33,53H,2-3,6-8,11,18-20,22-24H2,1H3,(H,47,56)(H,48,55)(H,49,57)(H,50,54)(H4,41,42,45)(H4,43,44,46)/t26-,32+,33+,40-/m1/s1. The van der Waals surface area contributed by atoms with Crippen molar-refractivity contribution in [2.24, 2.45) is 32.9 Å². The minimum Gasteiger partial charge on any atom is -0.508 e. The normalized spacial score (nSPS) is 21.0. The second-order valence-corrected chi connectivity index (χ2v) is 14.2. The molecule has 3 aromatic carbocycles. The number of hydrogen-bond acceptors (Lipinski definition) is 9. The second kappa shape index (κ2) is 21.2. The number of rotatable bonds is 16. The van der Waals surface area contributed by atoms with Crippen LogP contribution in [0.15, 0.2) is 76.7 Å². The van der Waals surface area contributed by atoms with Crippen molar-refractivity contribution in [2.45, 2.75) is 82.1 Å². The number of aromatic hydroxyl groups is 1. The third-order valence-corrected chi connectivity index (χ3v) is 9.81. The van der Waals surface area contributed by atoms with Gasteiger partial charge in [-0.15, -0.1) is 0 Å². The number of phenols is 1. The summed E-state index contributed by atoms with van der Waals surface area (Å²) in [6.45, 7) is 1.87. The number of guanidine groups is 2. The van der Waals surface area contributed by atoms with Crippen molar-refractivity contribution >= 4 is 52.6 Å². The number of fused-ring (bicyclic) bond motifs is 1. The van der Waals surface area contributed by atoms with Crippen LogP contribution in [-0.4, -0.2) is 102 Å². The lowest BCUT2D eigenvalue weighted by Crippen LogP contribution is -2.69. The summed E-state index contributed by atoms with van der Waals surface area (Å²) in [6.07, 6.45) is 3.63. The van der Waals surface area contributed by atoms with Crippen molar-refractivity contribution in [1.82, 2.24) is 26.2 Å². The number of aliphatic imine (C=N–C) groups is 2. The molecule has 0 saturated carbocycles. The fraction of sp³-hybridized carbons (Fsp3) is 0.425. The number of carbonyl (C=O) groups excluding carboxylic acids is 5. The summed E-state index contributed by atoms with van der Waals surface area (Å²) < 4.78 is 0. The van der Waals surface area contributed by atoms with E-state index >= 15 is 0 Å². The van der Waals surface area contributed by atoms with Gasteiger partial charge in [0.05, 0.1) is 12.6 Å². The highest BCUT2D eigenvalue weighted by Gasteiger charge is 2.43. The van der Waals surface area contributed by atoms with Gasteiger partial charge in [-0.25, -0.2) is 0 Å². The van der Waals surface area contributed by atoms with E-state index in [0.29, 0.717) is 44.1 Å². The van der Waals surface area contributed by atoms with Gasteiger partial charge in [-0.05, 0) is 66.6 Å². The van der Waals surface area contributed by atoms with Crippen LogP contribution in [0.25, 0.3) is 10.8 Å². The van der Waals surface area contributed by atoms with Crippen LogP contribution < -0.4 is 44.2 Å². The zero-order valence-corrected chi connectivity index (χ0v) is 32.3. The SMILES string of the molecule is C[C@@H]1C(=O)N[C@@H](CCCN=C(N)N)C(=O)N[C@@H](Cc2ccc3ccccc3c2)C(=O)NCC(=O)N[C@](C=O)(Cc2ccc(O)cc2)N1CCCCCCN=C(N)N. The maximum atomic E-state index is 14.3. The van der Waals surface area contributed by atoms with Crippen LogP contribution in [-0.2, 0) is 36.8 Å². The first-order chi connectivity index (χ1) is 27.3. The van der Waals surface area contributed by atoms with E-state index in [1.54, 1.807) is 24.0 Å². The Bertz CT molecular complexity index is 1910. The molecule has 1 saturated heterocycles. The Morgan fingerprint density at radius 1 is 0.789 bits per heavy atom. The van der Waals surface area contributed by atoms with Crippen LogP contribution in [0.2, 0.25) is 0 Å². The number of carbonyl (C=O) groups is 5. The Hall–Kier alpha value is -6.23. The molecule has 0 spiro atoms. The monoisotopic (exact) mass is 785 g/mol. The molecule has 0 unspecified atom stereocenters. The van der Waals surface area contributed by atoms with Crippen molar-refractivity contribution in [3.8, 4) is 5.75 Å². The van der Waals surface area contributed by atoms with Gasteiger partial charge < -0.3 is 49.3 Å². The zero-order valence-electron chi connectivity index (χ0n) is 32.3. The van der Waals surface area contributed by atoms with Gasteiger partial charge in [0, 0.05) is 32.5 Å². The zero-order chi connectivity index (χ0) is 41.4. The molecule has 17 heteroatoms. The molecule has 1 aliphatic heterocycles. The summed E-state index contributed by atoms with van der Waals surface area (Å²) in [7, 11) is 0. The van der Waals surface area contributed by atoms with Crippen LogP contribution in [0.3, 0.4) is 0 Å². The van der Waals surface area contributed by atoms with E-state index in [-0.39, 0.29) is 50.0 Å². The van der Waals surface area contributed by atoms with Gasteiger partial charge >= 0.3 is 0 Å². The highest BCUT2D eigenvalue weighted by molar-refractivity contribution is 5.95. The molecule has 4 amide bonds. The number of phenolic OH excluding ortho intramolecular Hbond substituents is 1.